The number of unbranched alkanes of at least 4 members (excludes halogenated alkanes) is 18. The first-order valence-corrected chi connectivity index (χ1v) is 18.4. The van der Waals surface area contributed by atoms with Crippen LogP contribution in [0.15, 0.2) is 0 Å². The Morgan fingerprint density at radius 2 is 0.767 bits per heavy atom. The van der Waals surface area contributed by atoms with Crippen molar-refractivity contribution in [3.63, 3.8) is 0 Å². The van der Waals surface area contributed by atoms with Crippen molar-refractivity contribution in [2.24, 2.45) is 11.8 Å². The number of epoxide rings is 3. The topological polar surface area (TPSA) is 90.2 Å². The normalized spacial score (nSPS) is 27.0. The average molecular weight is 607 g/mol. The van der Waals surface area contributed by atoms with Crippen molar-refractivity contribution in [3.8, 4) is 0 Å². The molecular formula is C36H62O7. The molecule has 0 aromatic heterocycles. The minimum atomic E-state index is -0.421. The van der Waals surface area contributed by atoms with E-state index in [1.54, 1.807) is 0 Å². The van der Waals surface area contributed by atoms with Gasteiger partial charge in [-0.25, -0.2) is 0 Å². The van der Waals surface area contributed by atoms with Crippen molar-refractivity contribution in [2.75, 3.05) is 26.4 Å². The summed E-state index contributed by atoms with van der Waals surface area (Å²) in [6.07, 6.45) is 30.0. The predicted octanol–water partition coefficient (Wildman–Crippen LogP) is 8.25. The number of fused-ring (bicyclic) bond motifs is 1. The van der Waals surface area contributed by atoms with E-state index in [0.717, 1.165) is 38.9 Å². The van der Waals surface area contributed by atoms with Gasteiger partial charge in [-0.2, -0.15) is 0 Å². The van der Waals surface area contributed by atoms with Gasteiger partial charge in [0.2, 0.25) is 0 Å². The summed E-state index contributed by atoms with van der Waals surface area (Å²) in [6, 6.07) is 0. The van der Waals surface area contributed by atoms with Gasteiger partial charge >= 0.3 is 11.9 Å². The lowest BCUT2D eigenvalue weighted by Gasteiger charge is -2.26. The van der Waals surface area contributed by atoms with E-state index in [-0.39, 0.29) is 24.1 Å². The molecule has 1 saturated carbocycles. The largest absolute Gasteiger partial charge is 0.465 e. The van der Waals surface area contributed by atoms with Crippen LogP contribution in [0.3, 0.4) is 0 Å². The van der Waals surface area contributed by atoms with E-state index in [9.17, 15) is 9.59 Å². The highest BCUT2D eigenvalue weighted by Gasteiger charge is 2.53. The minimum Gasteiger partial charge on any atom is -0.465 e. The van der Waals surface area contributed by atoms with Crippen LogP contribution in [0.2, 0.25) is 0 Å². The standard InChI is InChI=1S/C36H62O7/c37-35(39-23-19-15-11-7-3-1-5-9-13-17-21-29-27-41-29)31-25-33-34(43-33)26-32(31)36(38)40-24-20-16-12-8-4-2-6-10-14-18-22-30-28-42-30/h29-34H,1-28H2. The van der Waals surface area contributed by atoms with Gasteiger partial charge in [-0.3, -0.25) is 9.59 Å². The number of hydrogen-bond acceptors (Lipinski definition) is 7. The second-order valence-corrected chi connectivity index (χ2v) is 13.8. The first-order valence-electron chi connectivity index (χ1n) is 18.4. The van der Waals surface area contributed by atoms with Crippen molar-refractivity contribution < 1.29 is 33.3 Å². The number of rotatable bonds is 28. The Balaban J connectivity index is 0.937. The minimum absolute atomic E-state index is 0.117. The summed E-state index contributed by atoms with van der Waals surface area (Å²) in [5, 5.41) is 0. The van der Waals surface area contributed by atoms with Crippen molar-refractivity contribution in [1.82, 2.24) is 0 Å². The fraction of sp³-hybridized carbons (Fsp3) is 0.944. The summed E-state index contributed by atoms with van der Waals surface area (Å²) in [4.78, 5) is 25.8. The first-order chi connectivity index (χ1) is 21.2. The molecule has 4 fully saturated rings. The van der Waals surface area contributed by atoms with E-state index in [1.807, 2.05) is 0 Å². The molecule has 7 nitrogen and oxygen atoms in total. The molecule has 0 amide bonds. The third kappa shape index (κ3) is 15.6. The Bertz CT molecular complexity index is 703. The maximum Gasteiger partial charge on any atom is 0.309 e. The molecule has 6 unspecified atom stereocenters. The van der Waals surface area contributed by atoms with Crippen LogP contribution < -0.4 is 0 Å². The summed E-state index contributed by atoms with van der Waals surface area (Å²) in [6.45, 7) is 2.88. The zero-order valence-corrected chi connectivity index (χ0v) is 27.1. The number of hydrogen-bond donors (Lipinski definition) is 0. The molecule has 43 heavy (non-hydrogen) atoms. The van der Waals surface area contributed by atoms with Crippen LogP contribution in [-0.2, 0) is 33.3 Å². The molecule has 0 bridgehead atoms. The molecule has 0 N–H and O–H groups in total. The highest BCUT2D eigenvalue weighted by atomic mass is 16.6. The van der Waals surface area contributed by atoms with Gasteiger partial charge in [-0.15, -0.1) is 0 Å². The van der Waals surface area contributed by atoms with E-state index in [4.69, 9.17) is 23.7 Å². The summed E-state index contributed by atoms with van der Waals surface area (Å²) in [7, 11) is 0. The Hall–Kier alpha value is -1.18. The summed E-state index contributed by atoms with van der Waals surface area (Å²) >= 11 is 0. The van der Waals surface area contributed by atoms with Crippen LogP contribution in [0, 0.1) is 11.8 Å². The zero-order valence-electron chi connectivity index (χ0n) is 27.1. The molecule has 7 heteroatoms. The average Bonchev–Trinajstić information content (AvgIpc) is 3.86. The van der Waals surface area contributed by atoms with Crippen LogP contribution in [-0.4, -0.2) is 62.8 Å². The quantitative estimate of drug-likeness (QED) is 0.0503. The Kier molecular flexibility index (Phi) is 16.8. The van der Waals surface area contributed by atoms with Gasteiger partial charge in [0.05, 0.1) is 62.7 Å². The third-order valence-electron chi connectivity index (χ3n) is 9.89. The fourth-order valence-corrected chi connectivity index (χ4v) is 6.75. The molecule has 248 valence electrons. The van der Waals surface area contributed by atoms with Crippen LogP contribution in [0.5, 0.6) is 0 Å². The SMILES string of the molecule is O=C(OCCCCCCCCCCCCC1CO1)C1CC2OC2CC1C(=O)OCCCCCCCCCCCCC1CO1. The lowest BCUT2D eigenvalue weighted by molar-refractivity contribution is -0.162. The van der Waals surface area contributed by atoms with Crippen LogP contribution >= 0.6 is 0 Å². The van der Waals surface area contributed by atoms with E-state index in [1.165, 1.54) is 116 Å². The smallest absolute Gasteiger partial charge is 0.309 e. The maximum atomic E-state index is 12.9. The van der Waals surface area contributed by atoms with Gasteiger partial charge in [0.25, 0.3) is 0 Å². The molecule has 4 rings (SSSR count). The van der Waals surface area contributed by atoms with Gasteiger partial charge in [0.1, 0.15) is 0 Å². The Morgan fingerprint density at radius 3 is 1.09 bits per heavy atom. The molecule has 3 heterocycles. The molecule has 0 radical (unpaired) electrons. The number of esters is 2. The van der Waals surface area contributed by atoms with Crippen molar-refractivity contribution in [2.45, 2.75) is 179 Å². The van der Waals surface area contributed by atoms with E-state index in [0.29, 0.717) is 38.3 Å². The van der Waals surface area contributed by atoms with Gasteiger partial charge in [0, 0.05) is 0 Å². The second-order valence-electron chi connectivity index (χ2n) is 13.8. The molecule has 0 spiro atoms. The lowest BCUT2D eigenvalue weighted by Crippen LogP contribution is -2.37. The van der Waals surface area contributed by atoms with Crippen molar-refractivity contribution in [3.05, 3.63) is 0 Å². The fourth-order valence-electron chi connectivity index (χ4n) is 6.75. The number of carbonyl (C=O) groups is 2. The van der Waals surface area contributed by atoms with Gasteiger partial charge in [0.15, 0.2) is 0 Å². The van der Waals surface area contributed by atoms with Crippen LogP contribution in [0.4, 0.5) is 0 Å². The van der Waals surface area contributed by atoms with Crippen molar-refractivity contribution in [1.29, 1.82) is 0 Å². The van der Waals surface area contributed by atoms with Gasteiger partial charge in [-0.05, 0) is 38.5 Å². The van der Waals surface area contributed by atoms with E-state index >= 15 is 0 Å². The Morgan fingerprint density at radius 1 is 0.465 bits per heavy atom. The predicted molar refractivity (Wildman–Crippen MR) is 168 cm³/mol. The molecule has 1 aliphatic carbocycles. The summed E-state index contributed by atoms with van der Waals surface area (Å²) in [5.41, 5.74) is 0. The molecule has 3 saturated heterocycles. The maximum absolute atomic E-state index is 12.9. The van der Waals surface area contributed by atoms with E-state index in [2.05, 4.69) is 0 Å². The Labute approximate surface area is 261 Å². The first kappa shape index (κ1) is 34.7. The monoisotopic (exact) mass is 606 g/mol. The summed E-state index contributed by atoms with van der Waals surface area (Å²) in [5.74, 6) is -1.31. The van der Waals surface area contributed by atoms with Gasteiger partial charge in [-0.1, -0.05) is 116 Å². The summed E-state index contributed by atoms with van der Waals surface area (Å²) < 4.78 is 27.5. The third-order valence-corrected chi connectivity index (χ3v) is 9.89. The zero-order chi connectivity index (χ0) is 30.0. The molecule has 0 aromatic carbocycles. The highest BCUT2D eigenvalue weighted by molar-refractivity contribution is 5.82. The van der Waals surface area contributed by atoms with Crippen molar-refractivity contribution >= 4 is 11.9 Å². The molecule has 4 aliphatic rings. The number of ether oxygens (including phenoxy) is 5. The molecule has 3 aliphatic heterocycles. The molecule has 6 atom stereocenters. The highest BCUT2D eigenvalue weighted by Crippen LogP contribution is 2.44. The lowest BCUT2D eigenvalue weighted by atomic mass is 9.79. The molecule has 0 aromatic rings. The number of carbonyl (C=O) groups excluding carboxylic acids is 2. The van der Waals surface area contributed by atoms with Crippen LogP contribution in [0.1, 0.15) is 154 Å². The van der Waals surface area contributed by atoms with Gasteiger partial charge < -0.3 is 23.7 Å². The molecular weight excluding hydrogens is 544 g/mol. The second kappa shape index (κ2) is 20.8. The van der Waals surface area contributed by atoms with E-state index < -0.39 is 11.8 Å². The van der Waals surface area contributed by atoms with Crippen LogP contribution in [0.25, 0.3) is 0 Å².